The van der Waals surface area contributed by atoms with Crippen LogP contribution in [0.4, 0.5) is 0 Å². The predicted molar refractivity (Wildman–Crippen MR) is 79.0 cm³/mol. The van der Waals surface area contributed by atoms with Gasteiger partial charge in [-0.3, -0.25) is 0 Å². The summed E-state index contributed by atoms with van der Waals surface area (Å²) in [6.45, 7) is 7.96. The van der Waals surface area contributed by atoms with Gasteiger partial charge in [0, 0.05) is 6.07 Å². The molecule has 20 heavy (non-hydrogen) atoms. The van der Waals surface area contributed by atoms with Gasteiger partial charge in [0.05, 0.1) is 23.5 Å². The molecule has 0 radical (unpaired) electrons. The quantitative estimate of drug-likeness (QED) is 0.910. The second kappa shape index (κ2) is 5.63. The Bertz CT molecular complexity index is 571. The maximum absolute atomic E-state index is 6.02. The molecule has 2 rings (SSSR count). The Morgan fingerprint density at radius 3 is 2.75 bits per heavy atom. The van der Waals surface area contributed by atoms with Crippen molar-refractivity contribution in [2.45, 2.75) is 45.8 Å². The lowest BCUT2D eigenvalue weighted by Gasteiger charge is -2.14. The number of hydrogen-bond acceptors (Lipinski definition) is 4. The molecule has 2 N–H and O–H groups in total. The second-order valence-electron chi connectivity index (χ2n) is 5.60. The monoisotopic (exact) mass is 274 g/mol. The van der Waals surface area contributed by atoms with Gasteiger partial charge >= 0.3 is 0 Å². The van der Waals surface area contributed by atoms with Crippen LogP contribution >= 0.6 is 0 Å². The van der Waals surface area contributed by atoms with Crippen LogP contribution in [0.5, 0.6) is 5.75 Å². The maximum Gasteiger partial charge on any atom is 0.121 e. The summed E-state index contributed by atoms with van der Waals surface area (Å²) < 4.78 is 7.53. The molecule has 0 amide bonds. The van der Waals surface area contributed by atoms with Crippen molar-refractivity contribution in [1.82, 2.24) is 15.0 Å². The lowest BCUT2D eigenvalue weighted by molar-refractivity contribution is 0.217. The van der Waals surface area contributed by atoms with Gasteiger partial charge in [0.15, 0.2) is 0 Å². The average molecular weight is 274 g/mol. The average Bonchev–Trinajstić information content (AvgIpc) is 2.88. The van der Waals surface area contributed by atoms with Gasteiger partial charge < -0.3 is 10.5 Å². The predicted octanol–water partition coefficient (Wildman–Crippen LogP) is 2.64. The number of nitrogens with zero attached hydrogens (tertiary/aromatic N) is 3. The molecule has 0 spiro atoms. The number of aromatic nitrogens is 3. The smallest absolute Gasteiger partial charge is 0.121 e. The molecule has 1 atom stereocenters. The summed E-state index contributed by atoms with van der Waals surface area (Å²) in [6.07, 6.45) is 3.01. The first-order valence-corrected chi connectivity index (χ1v) is 6.89. The van der Waals surface area contributed by atoms with Gasteiger partial charge in [-0.25, -0.2) is 4.68 Å². The van der Waals surface area contributed by atoms with Crippen LogP contribution in [0.25, 0.3) is 5.69 Å². The van der Waals surface area contributed by atoms with Crippen molar-refractivity contribution in [2.24, 2.45) is 5.73 Å². The fraction of sp³-hybridized carbons (Fsp3) is 0.467. The van der Waals surface area contributed by atoms with Gasteiger partial charge in [0.1, 0.15) is 11.4 Å². The third kappa shape index (κ3) is 3.36. The van der Waals surface area contributed by atoms with Crippen LogP contribution in [0.2, 0.25) is 0 Å². The van der Waals surface area contributed by atoms with Crippen molar-refractivity contribution in [3.8, 4) is 11.4 Å². The van der Waals surface area contributed by atoms with Gasteiger partial charge in [-0.2, -0.15) is 0 Å². The number of hydrogen-bond donors (Lipinski definition) is 1. The van der Waals surface area contributed by atoms with Gasteiger partial charge in [-0.15, -0.1) is 5.10 Å². The van der Waals surface area contributed by atoms with E-state index in [1.165, 1.54) is 0 Å². The first-order chi connectivity index (χ1) is 9.40. The number of rotatable bonds is 5. The lowest BCUT2D eigenvalue weighted by Crippen LogP contribution is -2.29. The van der Waals surface area contributed by atoms with E-state index in [1.807, 2.05) is 44.3 Å². The van der Waals surface area contributed by atoms with E-state index < -0.39 is 5.54 Å². The summed E-state index contributed by atoms with van der Waals surface area (Å²) >= 11 is 0. The Labute approximate surface area is 119 Å². The van der Waals surface area contributed by atoms with Crippen molar-refractivity contribution in [1.29, 1.82) is 0 Å². The molecule has 0 aliphatic heterocycles. The fourth-order valence-electron chi connectivity index (χ4n) is 1.70. The molecule has 2 aromatic rings. The Hall–Kier alpha value is -1.88. The summed E-state index contributed by atoms with van der Waals surface area (Å²) in [5.74, 6) is 0.834. The van der Waals surface area contributed by atoms with Crippen LogP contribution in [0, 0.1) is 0 Å². The van der Waals surface area contributed by atoms with E-state index in [1.54, 1.807) is 4.68 Å². The zero-order valence-electron chi connectivity index (χ0n) is 12.5. The summed E-state index contributed by atoms with van der Waals surface area (Å²) in [7, 11) is 0. The van der Waals surface area contributed by atoms with E-state index >= 15 is 0 Å². The number of ether oxygens (including phenoxy) is 1. The Morgan fingerprint density at radius 2 is 2.15 bits per heavy atom. The summed E-state index contributed by atoms with van der Waals surface area (Å²) in [4.78, 5) is 0. The van der Waals surface area contributed by atoms with Crippen molar-refractivity contribution in [2.75, 3.05) is 0 Å². The van der Waals surface area contributed by atoms with E-state index in [-0.39, 0.29) is 6.10 Å². The highest BCUT2D eigenvalue weighted by atomic mass is 16.5. The van der Waals surface area contributed by atoms with Crippen LogP contribution in [0.1, 0.15) is 39.8 Å². The van der Waals surface area contributed by atoms with Crippen LogP contribution in [-0.4, -0.2) is 21.1 Å². The molecular weight excluding hydrogens is 252 g/mol. The largest absolute Gasteiger partial charge is 0.491 e. The topological polar surface area (TPSA) is 66.0 Å². The Morgan fingerprint density at radius 1 is 1.40 bits per heavy atom. The molecule has 1 heterocycles. The highest BCUT2D eigenvalue weighted by molar-refractivity contribution is 5.38. The van der Waals surface area contributed by atoms with E-state index in [2.05, 4.69) is 24.2 Å². The molecule has 0 aliphatic rings. The second-order valence-corrected chi connectivity index (χ2v) is 5.60. The third-order valence-electron chi connectivity index (χ3n) is 3.15. The van der Waals surface area contributed by atoms with E-state index in [0.29, 0.717) is 0 Å². The highest BCUT2D eigenvalue weighted by Crippen LogP contribution is 2.20. The molecule has 1 unspecified atom stereocenters. The number of nitrogens with two attached hydrogens (primary N) is 1. The van der Waals surface area contributed by atoms with E-state index in [0.717, 1.165) is 23.6 Å². The maximum atomic E-state index is 6.02. The van der Waals surface area contributed by atoms with Crippen molar-refractivity contribution < 1.29 is 4.74 Å². The first kappa shape index (κ1) is 14.5. The molecule has 0 saturated heterocycles. The lowest BCUT2D eigenvalue weighted by atomic mass is 10.0. The fourth-order valence-corrected chi connectivity index (χ4v) is 1.70. The molecule has 0 aliphatic carbocycles. The molecular formula is C15H22N4O. The minimum Gasteiger partial charge on any atom is -0.491 e. The van der Waals surface area contributed by atoms with Crippen molar-refractivity contribution in [3.63, 3.8) is 0 Å². The molecule has 5 heteroatoms. The Balaban J connectivity index is 2.25. The van der Waals surface area contributed by atoms with Gasteiger partial charge in [0.2, 0.25) is 0 Å². The van der Waals surface area contributed by atoms with Crippen LogP contribution in [0.15, 0.2) is 30.5 Å². The minimum atomic E-state index is -0.497. The van der Waals surface area contributed by atoms with Crippen LogP contribution in [0.3, 0.4) is 0 Å². The molecule has 1 aromatic carbocycles. The zero-order valence-corrected chi connectivity index (χ0v) is 12.5. The summed E-state index contributed by atoms with van der Waals surface area (Å²) in [5.41, 5.74) is 7.19. The molecule has 0 fully saturated rings. The SMILES string of the molecule is CCC(C)Oc1cccc(-n2cc(C(C)(C)N)nn2)c1. The summed E-state index contributed by atoms with van der Waals surface area (Å²) in [5, 5.41) is 8.24. The Kier molecular flexibility index (Phi) is 4.09. The summed E-state index contributed by atoms with van der Waals surface area (Å²) in [6, 6.07) is 7.81. The standard InChI is InChI=1S/C15H22N4O/c1-5-11(2)20-13-8-6-7-12(9-13)19-10-14(17-18-19)15(3,4)16/h6-11H,5,16H2,1-4H3. The van der Waals surface area contributed by atoms with E-state index in [4.69, 9.17) is 10.5 Å². The molecule has 0 saturated carbocycles. The first-order valence-electron chi connectivity index (χ1n) is 6.89. The van der Waals surface area contributed by atoms with Crippen molar-refractivity contribution in [3.05, 3.63) is 36.2 Å². The normalized spacial score (nSPS) is 13.2. The minimum absolute atomic E-state index is 0.194. The van der Waals surface area contributed by atoms with Crippen molar-refractivity contribution >= 4 is 0 Å². The van der Waals surface area contributed by atoms with Crippen LogP contribution in [-0.2, 0) is 5.54 Å². The third-order valence-corrected chi connectivity index (χ3v) is 3.15. The van der Waals surface area contributed by atoms with E-state index in [9.17, 15) is 0 Å². The molecule has 108 valence electrons. The van der Waals surface area contributed by atoms with Gasteiger partial charge in [-0.1, -0.05) is 18.2 Å². The molecule has 5 nitrogen and oxygen atoms in total. The van der Waals surface area contributed by atoms with Gasteiger partial charge in [0.25, 0.3) is 0 Å². The number of benzene rings is 1. The van der Waals surface area contributed by atoms with Gasteiger partial charge in [-0.05, 0) is 39.3 Å². The molecule has 1 aromatic heterocycles. The molecule has 0 bridgehead atoms. The van der Waals surface area contributed by atoms with Crippen LogP contribution < -0.4 is 10.5 Å². The zero-order chi connectivity index (χ0) is 14.8. The highest BCUT2D eigenvalue weighted by Gasteiger charge is 2.18.